The van der Waals surface area contributed by atoms with Crippen molar-refractivity contribution in [2.75, 3.05) is 14.1 Å². The Kier molecular flexibility index (Phi) is 9.97. The molecule has 0 spiro atoms. The maximum absolute atomic E-state index is 11.8. The molecule has 128 valence electrons. The average molecular weight is 506 g/mol. The maximum Gasteiger partial charge on any atom is 3.00 e. The Morgan fingerprint density at radius 2 is 1.96 bits per heavy atom. The number of guanidine groups is 2. The number of rotatable bonds is 2. The zero-order valence-corrected chi connectivity index (χ0v) is 15.4. The first kappa shape index (κ1) is 21.5. The van der Waals surface area contributed by atoms with Gasteiger partial charge in [-0.3, -0.25) is 4.98 Å². The van der Waals surface area contributed by atoms with E-state index < -0.39 is 5.96 Å². The van der Waals surface area contributed by atoms with Gasteiger partial charge in [0.05, 0.1) is 5.69 Å². The van der Waals surface area contributed by atoms with Crippen LogP contribution in [0.1, 0.15) is 16.1 Å². The van der Waals surface area contributed by atoms with Gasteiger partial charge in [-0.2, -0.15) is 0 Å². The van der Waals surface area contributed by atoms with Crippen LogP contribution in [0.5, 0.6) is 0 Å². The number of nitrogens with zero attached hydrogens (tertiary/aromatic N) is 4. The van der Waals surface area contributed by atoms with E-state index in [0.29, 0.717) is 11.3 Å². The fourth-order valence-corrected chi connectivity index (χ4v) is 1.38. The molecule has 0 aliphatic heterocycles. The second-order valence-corrected chi connectivity index (χ2v) is 4.51. The third kappa shape index (κ3) is 7.68. The van der Waals surface area contributed by atoms with Crippen LogP contribution in [-0.2, 0) is 22.4 Å². The number of carbonyl (C=O) groups excluding carboxylic acids is 1. The molecule has 0 aliphatic carbocycles. The van der Waals surface area contributed by atoms with Crippen LogP contribution in [0.15, 0.2) is 53.7 Å². The number of aliphatic imine (C=N–C) groups is 1. The van der Waals surface area contributed by atoms with Gasteiger partial charge in [0.2, 0.25) is 0 Å². The number of benzene rings is 1. The molecule has 7 nitrogen and oxygen atoms in total. The van der Waals surface area contributed by atoms with E-state index in [2.05, 4.69) is 16.0 Å². The molecule has 0 radical (unpaired) electrons. The fourth-order valence-electron chi connectivity index (χ4n) is 1.38. The fraction of sp³-hybridized carbons (Fsp3) is 0.125. The van der Waals surface area contributed by atoms with Crippen molar-refractivity contribution in [2.24, 2.45) is 10.7 Å². The molecule has 2 aromatic rings. The van der Waals surface area contributed by atoms with Gasteiger partial charge >= 0.3 is 22.4 Å². The minimum atomic E-state index is -0.402. The number of nitrogens with two attached hydrogens (primary N) is 1. The summed E-state index contributed by atoms with van der Waals surface area (Å²) in [5.41, 5.74) is 12.5. The molecule has 0 saturated carbocycles. The van der Waals surface area contributed by atoms with Crippen molar-refractivity contribution in [3.63, 3.8) is 0 Å². The minimum Gasteiger partial charge on any atom is -0.454 e. The van der Waals surface area contributed by atoms with E-state index >= 15 is 0 Å². The van der Waals surface area contributed by atoms with Crippen molar-refractivity contribution in [1.29, 1.82) is 0 Å². The Bertz CT molecular complexity index is 628. The van der Waals surface area contributed by atoms with Gasteiger partial charge in [0, 0.05) is 18.1 Å². The van der Waals surface area contributed by atoms with E-state index in [1.807, 2.05) is 12.1 Å². The van der Waals surface area contributed by atoms with Gasteiger partial charge in [-0.05, 0) is 26.2 Å². The average Bonchev–Trinajstić information content (AvgIpc) is 2.55. The second-order valence-electron chi connectivity index (χ2n) is 4.51. The molecule has 0 aliphatic rings. The van der Waals surface area contributed by atoms with Crippen LogP contribution in [0.3, 0.4) is 0 Å². The van der Waals surface area contributed by atoms with Crippen molar-refractivity contribution < 1.29 is 27.2 Å². The summed E-state index contributed by atoms with van der Waals surface area (Å²) in [6, 6.07) is 15.2. The van der Waals surface area contributed by atoms with Gasteiger partial charge in [-0.25, -0.2) is 0 Å². The van der Waals surface area contributed by atoms with Gasteiger partial charge < -0.3 is 31.6 Å². The van der Waals surface area contributed by atoms with Gasteiger partial charge in [0.1, 0.15) is 5.78 Å². The van der Waals surface area contributed by atoms with Crippen molar-refractivity contribution >= 4 is 17.7 Å². The Balaban J connectivity index is 0.000000468. The summed E-state index contributed by atoms with van der Waals surface area (Å²) in [5, 5.41) is 8.75. The summed E-state index contributed by atoms with van der Waals surface area (Å²) >= 11 is 0. The summed E-state index contributed by atoms with van der Waals surface area (Å²) in [7, 11) is 3.20. The number of nitrogens with one attached hydrogen (secondary N) is 1. The molecule has 1 aromatic heterocycles. The topological polar surface area (TPSA) is 118 Å². The largest absolute Gasteiger partial charge is 3.00 e. The number of aromatic nitrogens is 1. The normalized spacial score (nSPS) is 9.83. The smallest absolute Gasteiger partial charge is 0.454 e. The molecule has 2 rings (SSSR count). The van der Waals surface area contributed by atoms with Crippen LogP contribution in [0.4, 0.5) is 0 Å². The summed E-state index contributed by atoms with van der Waals surface area (Å²) in [5.74, 6) is -0.755. The summed E-state index contributed by atoms with van der Waals surface area (Å²) in [6.07, 6.45) is 1.61. The molecular weight excluding hydrogens is 489 g/mol. The van der Waals surface area contributed by atoms with Crippen molar-refractivity contribution in [3.8, 4) is 0 Å². The Morgan fingerprint density at radius 3 is 2.38 bits per heavy atom. The van der Waals surface area contributed by atoms with E-state index in [4.69, 9.17) is 16.9 Å². The van der Waals surface area contributed by atoms with Crippen molar-refractivity contribution in [3.05, 3.63) is 77.1 Å². The van der Waals surface area contributed by atoms with E-state index in [0.717, 1.165) is 0 Å². The molecule has 0 bridgehead atoms. The third-order valence-corrected chi connectivity index (χ3v) is 2.47. The summed E-state index contributed by atoms with van der Waals surface area (Å²) in [4.78, 5) is 20.3. The zero-order valence-electron chi connectivity index (χ0n) is 13.2. The molecule has 3 N–H and O–H groups in total. The molecule has 24 heavy (non-hydrogen) atoms. The number of carbonyl (C=O) groups is 1. The van der Waals surface area contributed by atoms with Crippen LogP contribution in [-0.4, -0.2) is 41.7 Å². The Labute approximate surface area is 156 Å². The first-order valence-corrected chi connectivity index (χ1v) is 6.63. The van der Waals surface area contributed by atoms with E-state index in [1.165, 1.54) is 4.90 Å². The van der Waals surface area contributed by atoms with Crippen molar-refractivity contribution in [2.45, 2.75) is 0 Å². The minimum absolute atomic E-state index is 0. The first-order chi connectivity index (χ1) is 10.9. The van der Waals surface area contributed by atoms with E-state index in [1.54, 1.807) is 50.6 Å². The van der Waals surface area contributed by atoms with Crippen LogP contribution < -0.4 is 5.73 Å². The van der Waals surface area contributed by atoms with E-state index in [9.17, 15) is 4.79 Å². The Hall–Kier alpha value is -2.48. The van der Waals surface area contributed by atoms with Gasteiger partial charge in [-0.1, -0.05) is 6.07 Å². The molecule has 0 atom stereocenters. The number of hydrogen-bond acceptors (Lipinski definition) is 2. The molecule has 0 saturated heterocycles. The number of pyridine rings is 1. The zero-order chi connectivity index (χ0) is 17.2. The molecule has 0 amide bonds. The van der Waals surface area contributed by atoms with Crippen molar-refractivity contribution in [1.82, 2.24) is 9.88 Å². The predicted molar refractivity (Wildman–Crippen MR) is 90.9 cm³/mol. The molecule has 1 heterocycles. The summed E-state index contributed by atoms with van der Waals surface area (Å²) < 4.78 is 0. The quantitative estimate of drug-likeness (QED) is 0.220. The molecule has 8 heteroatoms. The Morgan fingerprint density at radius 1 is 1.29 bits per heavy atom. The SMILES string of the molecule is CN(C)C(=[N-])/N=C(\[NH-])N.O=C(c1[c-]cccc1)c1ccccn1.[Au+3]. The molecular formula is C16H17AuN6O. The van der Waals surface area contributed by atoms with Crippen LogP contribution >= 0.6 is 0 Å². The first-order valence-electron chi connectivity index (χ1n) is 6.63. The van der Waals surface area contributed by atoms with E-state index in [-0.39, 0.29) is 34.1 Å². The molecule has 0 fully saturated rings. The third-order valence-electron chi connectivity index (χ3n) is 2.47. The van der Waals surface area contributed by atoms with Crippen LogP contribution in [0.2, 0.25) is 0 Å². The monoisotopic (exact) mass is 506 g/mol. The van der Waals surface area contributed by atoms with Crippen LogP contribution in [0, 0.1) is 6.07 Å². The number of ketones is 1. The summed E-state index contributed by atoms with van der Waals surface area (Å²) in [6.45, 7) is 0. The standard InChI is InChI=1S/C12H8NO.C4H9N5.Au/c14-12(10-6-2-1-3-7-10)11-8-4-5-9-13-11;1-9(2)4(7)8-3(5)6;/h1-6,8-9H;1-2H3,(H3-2,5,6,7,8);/q-1;-2;+3. The second kappa shape index (κ2) is 11.1. The molecule has 1 aromatic carbocycles. The van der Waals surface area contributed by atoms with Gasteiger partial charge in [0.15, 0.2) is 0 Å². The predicted octanol–water partition coefficient (Wildman–Crippen LogP) is 1.95. The van der Waals surface area contributed by atoms with Gasteiger partial charge in [0.25, 0.3) is 0 Å². The molecule has 0 unspecified atom stereocenters. The van der Waals surface area contributed by atoms with Gasteiger partial charge in [-0.15, -0.1) is 35.9 Å². The number of hydrogen-bond donors (Lipinski definition) is 1. The van der Waals surface area contributed by atoms with Crippen LogP contribution in [0.25, 0.3) is 11.1 Å². The maximum atomic E-state index is 11.8.